The monoisotopic (exact) mass is 377 g/mol. The fourth-order valence-corrected chi connectivity index (χ4v) is 3.08. The van der Waals surface area contributed by atoms with E-state index in [4.69, 9.17) is 9.47 Å². The molecule has 1 atom stereocenters. The van der Waals surface area contributed by atoms with Gasteiger partial charge in [0.25, 0.3) is 0 Å². The van der Waals surface area contributed by atoms with E-state index in [9.17, 15) is 9.59 Å². The van der Waals surface area contributed by atoms with Gasteiger partial charge in [-0.05, 0) is 52.8 Å². The van der Waals surface area contributed by atoms with Crippen molar-refractivity contribution in [3.05, 3.63) is 18.2 Å². The van der Waals surface area contributed by atoms with E-state index < -0.39 is 0 Å². The molecular weight excluding hydrogens is 346 g/mol. The number of nitrogens with one attached hydrogen (secondary N) is 1. The molecule has 1 heterocycles. The van der Waals surface area contributed by atoms with Crippen molar-refractivity contribution in [2.75, 3.05) is 45.2 Å². The van der Waals surface area contributed by atoms with Crippen molar-refractivity contribution < 1.29 is 19.1 Å². The van der Waals surface area contributed by atoms with Gasteiger partial charge in [-0.3, -0.25) is 14.5 Å². The Morgan fingerprint density at radius 3 is 2.41 bits per heavy atom. The van der Waals surface area contributed by atoms with Crippen molar-refractivity contribution in [3.8, 4) is 11.5 Å². The molecule has 150 valence electrons. The third kappa shape index (κ3) is 5.85. The van der Waals surface area contributed by atoms with Gasteiger partial charge in [0.1, 0.15) is 0 Å². The summed E-state index contributed by atoms with van der Waals surface area (Å²) >= 11 is 0. The second-order valence-electron chi connectivity index (χ2n) is 6.70. The molecule has 1 aliphatic rings. The predicted molar refractivity (Wildman–Crippen MR) is 105 cm³/mol. The minimum absolute atomic E-state index is 0.0856. The van der Waals surface area contributed by atoms with Gasteiger partial charge in [0, 0.05) is 24.8 Å². The number of ether oxygens (including phenoxy) is 2. The van der Waals surface area contributed by atoms with Gasteiger partial charge >= 0.3 is 0 Å². The van der Waals surface area contributed by atoms with Crippen molar-refractivity contribution >= 4 is 17.5 Å². The fraction of sp³-hybridized carbons (Fsp3) is 0.600. The molecule has 1 saturated heterocycles. The van der Waals surface area contributed by atoms with Crippen molar-refractivity contribution in [1.82, 2.24) is 9.80 Å². The third-order valence-corrected chi connectivity index (χ3v) is 4.66. The summed E-state index contributed by atoms with van der Waals surface area (Å²) < 4.78 is 11.1. The molecule has 7 heteroatoms. The van der Waals surface area contributed by atoms with Gasteiger partial charge < -0.3 is 19.7 Å². The molecule has 0 saturated carbocycles. The van der Waals surface area contributed by atoms with Crippen molar-refractivity contribution in [3.63, 3.8) is 0 Å². The first kappa shape index (κ1) is 21.0. The Morgan fingerprint density at radius 1 is 1.15 bits per heavy atom. The highest BCUT2D eigenvalue weighted by Crippen LogP contribution is 2.30. The summed E-state index contributed by atoms with van der Waals surface area (Å²) in [6, 6.07) is 5.00. The van der Waals surface area contributed by atoms with Crippen LogP contribution in [-0.2, 0) is 9.59 Å². The molecule has 7 nitrogen and oxygen atoms in total. The zero-order valence-corrected chi connectivity index (χ0v) is 16.8. The van der Waals surface area contributed by atoms with Gasteiger partial charge in [-0.15, -0.1) is 0 Å². The van der Waals surface area contributed by atoms with Crippen LogP contribution in [0.3, 0.4) is 0 Å². The lowest BCUT2D eigenvalue weighted by atomic mass is 10.2. The lowest BCUT2D eigenvalue weighted by Crippen LogP contribution is -2.46. The van der Waals surface area contributed by atoms with E-state index in [0.717, 1.165) is 25.9 Å². The average molecular weight is 377 g/mol. The number of likely N-dealkylation sites (N-methyl/N-ethyl adjacent to an activating group) is 1. The van der Waals surface area contributed by atoms with Crippen molar-refractivity contribution in [2.45, 2.75) is 39.7 Å². The molecule has 0 bridgehead atoms. The molecule has 0 aromatic heterocycles. The number of carbonyl (C=O) groups is 2. The van der Waals surface area contributed by atoms with Crippen LogP contribution < -0.4 is 14.8 Å². The van der Waals surface area contributed by atoms with E-state index in [-0.39, 0.29) is 24.4 Å². The van der Waals surface area contributed by atoms with Gasteiger partial charge in [0.2, 0.25) is 11.8 Å². The van der Waals surface area contributed by atoms with Gasteiger partial charge in [-0.1, -0.05) is 0 Å². The lowest BCUT2D eigenvalue weighted by molar-refractivity contribution is -0.135. The summed E-state index contributed by atoms with van der Waals surface area (Å²) in [7, 11) is 1.79. The summed E-state index contributed by atoms with van der Waals surface area (Å²) in [6.07, 6.45) is 2.12. The first-order valence-corrected chi connectivity index (χ1v) is 9.64. The zero-order chi connectivity index (χ0) is 19.8. The maximum Gasteiger partial charge on any atom is 0.239 e. The third-order valence-electron chi connectivity index (χ3n) is 4.66. The number of anilines is 1. The standard InChI is InChI=1S/C20H31N3O4/c1-5-26-17-10-9-16(13-18(17)27-6-2)21-19(24)14-22(4)15(3)20(25)23-11-7-8-12-23/h9-10,13,15H,5-8,11-12,14H2,1-4H3,(H,21,24)/t15-/m1/s1. The topological polar surface area (TPSA) is 71.1 Å². The molecule has 0 aliphatic carbocycles. The number of benzene rings is 1. The molecule has 1 N–H and O–H groups in total. The Labute approximate surface area is 161 Å². The van der Waals surface area contributed by atoms with Crippen LogP contribution in [0, 0.1) is 0 Å². The molecular formula is C20H31N3O4. The van der Waals surface area contributed by atoms with Crippen LogP contribution in [0.25, 0.3) is 0 Å². The minimum atomic E-state index is -0.326. The number of nitrogens with zero attached hydrogens (tertiary/aromatic N) is 2. The number of hydrogen-bond acceptors (Lipinski definition) is 5. The van der Waals surface area contributed by atoms with Crippen LogP contribution in [-0.4, -0.2) is 67.6 Å². The predicted octanol–water partition coefficient (Wildman–Crippen LogP) is 2.37. The van der Waals surface area contributed by atoms with Crippen LogP contribution in [0.5, 0.6) is 11.5 Å². The van der Waals surface area contributed by atoms with E-state index in [0.29, 0.717) is 30.4 Å². The summed E-state index contributed by atoms with van der Waals surface area (Å²) in [5.41, 5.74) is 0.638. The highest BCUT2D eigenvalue weighted by molar-refractivity contribution is 5.93. The quantitative estimate of drug-likeness (QED) is 0.715. The maximum atomic E-state index is 12.5. The van der Waals surface area contributed by atoms with Crippen LogP contribution in [0.4, 0.5) is 5.69 Å². The number of likely N-dealkylation sites (tertiary alicyclic amines) is 1. The molecule has 2 rings (SSSR count). The molecule has 0 spiro atoms. The van der Waals surface area contributed by atoms with E-state index in [2.05, 4.69) is 5.32 Å². The molecule has 0 unspecified atom stereocenters. The highest BCUT2D eigenvalue weighted by Gasteiger charge is 2.26. The molecule has 1 aromatic rings. The number of carbonyl (C=O) groups excluding carboxylic acids is 2. The lowest BCUT2D eigenvalue weighted by Gasteiger charge is -2.27. The maximum absolute atomic E-state index is 12.5. The summed E-state index contributed by atoms with van der Waals surface area (Å²) in [5.74, 6) is 1.16. The smallest absolute Gasteiger partial charge is 0.239 e. The second-order valence-corrected chi connectivity index (χ2v) is 6.70. The SMILES string of the molecule is CCOc1ccc(NC(=O)CN(C)[C@H](C)C(=O)N2CCCC2)cc1OCC. The first-order chi connectivity index (χ1) is 13.0. The number of hydrogen-bond donors (Lipinski definition) is 1. The number of rotatable bonds is 9. The molecule has 1 fully saturated rings. The Bertz CT molecular complexity index is 644. The van der Waals surface area contributed by atoms with E-state index in [1.165, 1.54) is 0 Å². The van der Waals surface area contributed by atoms with Crippen LogP contribution in [0.2, 0.25) is 0 Å². The molecule has 1 aromatic carbocycles. The van der Waals surface area contributed by atoms with Gasteiger partial charge in [-0.25, -0.2) is 0 Å². The Kier molecular flexibility index (Phi) is 7.91. The van der Waals surface area contributed by atoms with Gasteiger partial charge in [0.05, 0.1) is 25.8 Å². The van der Waals surface area contributed by atoms with Gasteiger partial charge in [0.15, 0.2) is 11.5 Å². The van der Waals surface area contributed by atoms with E-state index in [1.54, 1.807) is 30.1 Å². The van der Waals surface area contributed by atoms with Crippen LogP contribution >= 0.6 is 0 Å². The van der Waals surface area contributed by atoms with E-state index in [1.807, 2.05) is 25.7 Å². The van der Waals surface area contributed by atoms with Crippen LogP contribution in [0.15, 0.2) is 18.2 Å². The van der Waals surface area contributed by atoms with Gasteiger partial charge in [-0.2, -0.15) is 0 Å². The minimum Gasteiger partial charge on any atom is -0.490 e. The Hall–Kier alpha value is -2.28. The summed E-state index contributed by atoms with van der Waals surface area (Å²) in [4.78, 5) is 28.5. The zero-order valence-electron chi connectivity index (χ0n) is 16.8. The van der Waals surface area contributed by atoms with Crippen LogP contribution in [0.1, 0.15) is 33.6 Å². The molecule has 2 amide bonds. The molecule has 27 heavy (non-hydrogen) atoms. The largest absolute Gasteiger partial charge is 0.490 e. The summed E-state index contributed by atoms with van der Waals surface area (Å²) in [5, 5.41) is 2.86. The van der Waals surface area contributed by atoms with Crippen molar-refractivity contribution in [1.29, 1.82) is 0 Å². The van der Waals surface area contributed by atoms with E-state index >= 15 is 0 Å². The van der Waals surface area contributed by atoms with Crippen molar-refractivity contribution in [2.24, 2.45) is 0 Å². The first-order valence-electron chi connectivity index (χ1n) is 9.64. The second kappa shape index (κ2) is 10.2. The molecule has 1 aliphatic heterocycles. The molecule has 0 radical (unpaired) electrons. The average Bonchev–Trinajstić information content (AvgIpc) is 3.17. The Morgan fingerprint density at radius 2 is 1.78 bits per heavy atom. The number of amides is 2. The highest BCUT2D eigenvalue weighted by atomic mass is 16.5. The fourth-order valence-electron chi connectivity index (χ4n) is 3.08. The Balaban J connectivity index is 1.93. The normalized spacial score (nSPS) is 14.9. The summed E-state index contributed by atoms with van der Waals surface area (Å²) in [6.45, 7) is 8.47.